The minimum absolute atomic E-state index is 0.0774. The van der Waals surface area contributed by atoms with E-state index in [1.165, 1.54) is 6.08 Å². The maximum Gasteiger partial charge on any atom is 0.416 e. The summed E-state index contributed by atoms with van der Waals surface area (Å²) in [6, 6.07) is 10.9. The summed E-state index contributed by atoms with van der Waals surface area (Å²) in [4.78, 5) is 6.17. The first kappa shape index (κ1) is 22.8. The van der Waals surface area contributed by atoms with Gasteiger partial charge in [0.2, 0.25) is 0 Å². The van der Waals surface area contributed by atoms with Gasteiger partial charge >= 0.3 is 6.18 Å². The van der Waals surface area contributed by atoms with Crippen LogP contribution in [-0.2, 0) is 9.84 Å². The first-order chi connectivity index (χ1) is 15.6. The fourth-order valence-electron chi connectivity index (χ4n) is 3.66. The topological polar surface area (TPSA) is 50.3 Å². The van der Waals surface area contributed by atoms with Crippen molar-refractivity contribution in [1.82, 2.24) is 4.98 Å². The number of sulfone groups is 1. The summed E-state index contributed by atoms with van der Waals surface area (Å²) in [6.45, 7) is 5.25. The van der Waals surface area contributed by atoms with Gasteiger partial charge in [-0.2, -0.15) is 13.2 Å². The minimum Gasteiger partial charge on any atom is -0.327 e. The second kappa shape index (κ2) is 8.51. The number of pyridine rings is 1. The number of allylic oxidation sites excluding steroid dienone is 7. The number of halogens is 3. The van der Waals surface area contributed by atoms with Gasteiger partial charge in [0.15, 0.2) is 15.7 Å². The molecule has 0 spiro atoms. The van der Waals surface area contributed by atoms with Crippen LogP contribution in [0, 0.1) is 0 Å². The molecule has 2 heterocycles. The molecule has 2 aromatic rings. The molecule has 170 valence electrons. The van der Waals surface area contributed by atoms with Gasteiger partial charge < -0.3 is 4.90 Å². The summed E-state index contributed by atoms with van der Waals surface area (Å²) in [5.41, 5.74) is 1.46. The highest BCUT2D eigenvalue weighted by Gasteiger charge is 2.36. The van der Waals surface area contributed by atoms with Gasteiger partial charge in [0.25, 0.3) is 0 Å². The lowest BCUT2D eigenvalue weighted by molar-refractivity contribution is -0.0889. The van der Waals surface area contributed by atoms with Gasteiger partial charge in [-0.1, -0.05) is 62.1 Å². The van der Waals surface area contributed by atoms with Gasteiger partial charge in [-0.25, -0.2) is 13.4 Å². The van der Waals surface area contributed by atoms with E-state index in [0.29, 0.717) is 16.7 Å². The van der Waals surface area contributed by atoms with E-state index in [-0.39, 0.29) is 28.6 Å². The number of hydrogen-bond donors (Lipinski definition) is 0. The number of rotatable bonds is 4. The van der Waals surface area contributed by atoms with Crippen LogP contribution in [-0.4, -0.2) is 31.9 Å². The summed E-state index contributed by atoms with van der Waals surface area (Å²) < 4.78 is 66.0. The molecule has 1 aromatic heterocycles. The fourth-order valence-corrected chi connectivity index (χ4v) is 4.72. The van der Waals surface area contributed by atoms with E-state index in [4.69, 9.17) is 0 Å². The van der Waals surface area contributed by atoms with E-state index >= 15 is 0 Å². The SMILES string of the molecule is C=C1C=CC2=CN(c3ncc(-c4ccccc4)cc3S(=O)(=O)CC)CC=C2C=C1C(F)(F)F. The monoisotopic (exact) mass is 470 g/mol. The second-order valence-electron chi connectivity index (χ2n) is 7.63. The molecule has 0 radical (unpaired) electrons. The zero-order valence-electron chi connectivity index (χ0n) is 17.8. The van der Waals surface area contributed by atoms with Crippen molar-refractivity contribution >= 4 is 15.7 Å². The highest BCUT2D eigenvalue weighted by molar-refractivity contribution is 7.91. The average Bonchev–Trinajstić information content (AvgIpc) is 2.97. The zero-order valence-corrected chi connectivity index (χ0v) is 18.6. The van der Waals surface area contributed by atoms with Crippen molar-refractivity contribution in [2.45, 2.75) is 18.0 Å². The van der Waals surface area contributed by atoms with Crippen LogP contribution in [0.15, 0.2) is 107 Å². The number of aromatic nitrogens is 1. The Balaban J connectivity index is 1.79. The van der Waals surface area contributed by atoms with Crippen LogP contribution >= 0.6 is 0 Å². The van der Waals surface area contributed by atoms with Gasteiger partial charge in [0, 0.05) is 24.5 Å². The van der Waals surface area contributed by atoms with Crippen molar-refractivity contribution < 1.29 is 21.6 Å². The molecule has 8 heteroatoms. The minimum atomic E-state index is -4.52. The molecule has 0 saturated heterocycles. The van der Waals surface area contributed by atoms with E-state index in [2.05, 4.69) is 11.6 Å². The van der Waals surface area contributed by atoms with Crippen molar-refractivity contribution in [3.63, 3.8) is 0 Å². The largest absolute Gasteiger partial charge is 0.416 e. The van der Waals surface area contributed by atoms with E-state index in [1.807, 2.05) is 30.3 Å². The van der Waals surface area contributed by atoms with Crippen LogP contribution in [0.25, 0.3) is 11.1 Å². The van der Waals surface area contributed by atoms with Gasteiger partial charge in [-0.05, 0) is 34.4 Å². The fraction of sp³-hybridized carbons (Fsp3) is 0.160. The Morgan fingerprint density at radius 3 is 2.48 bits per heavy atom. The summed E-state index contributed by atoms with van der Waals surface area (Å²) in [7, 11) is -3.63. The summed E-state index contributed by atoms with van der Waals surface area (Å²) in [5.74, 6) is 0.124. The Morgan fingerprint density at radius 1 is 1.09 bits per heavy atom. The molecule has 0 unspecified atom stereocenters. The van der Waals surface area contributed by atoms with Gasteiger partial charge in [0.05, 0.1) is 11.3 Å². The molecule has 0 amide bonds. The predicted molar refractivity (Wildman–Crippen MR) is 123 cm³/mol. The molecular formula is C25H21F3N2O2S. The molecule has 33 heavy (non-hydrogen) atoms. The Morgan fingerprint density at radius 2 is 1.82 bits per heavy atom. The smallest absolute Gasteiger partial charge is 0.327 e. The van der Waals surface area contributed by atoms with Crippen LogP contribution < -0.4 is 4.90 Å². The van der Waals surface area contributed by atoms with Crippen LogP contribution in [0.4, 0.5) is 19.0 Å². The Bertz CT molecular complexity index is 1340. The third-order valence-electron chi connectivity index (χ3n) is 5.48. The molecule has 1 aromatic carbocycles. The molecule has 2 aliphatic rings. The number of fused-ring (bicyclic) bond motifs is 1. The lowest BCUT2D eigenvalue weighted by Gasteiger charge is -2.26. The third kappa shape index (κ3) is 4.57. The van der Waals surface area contributed by atoms with E-state index in [9.17, 15) is 21.6 Å². The normalized spacial score (nSPS) is 16.5. The highest BCUT2D eigenvalue weighted by Crippen LogP contribution is 2.37. The summed E-state index contributed by atoms with van der Waals surface area (Å²) >= 11 is 0. The number of nitrogens with zero attached hydrogens (tertiary/aromatic N) is 2. The highest BCUT2D eigenvalue weighted by atomic mass is 32.2. The third-order valence-corrected chi connectivity index (χ3v) is 7.21. The molecular weight excluding hydrogens is 449 g/mol. The quantitative estimate of drug-likeness (QED) is 0.568. The molecule has 0 N–H and O–H groups in total. The Labute approximate surface area is 190 Å². The molecule has 4 nitrogen and oxygen atoms in total. The predicted octanol–water partition coefficient (Wildman–Crippen LogP) is 5.79. The summed E-state index contributed by atoms with van der Waals surface area (Å²) in [6.07, 6.45) is 4.25. The lowest BCUT2D eigenvalue weighted by Crippen LogP contribution is -2.24. The Kier molecular flexibility index (Phi) is 5.88. The zero-order chi connectivity index (χ0) is 23.8. The number of anilines is 1. The molecule has 0 bridgehead atoms. The first-order valence-corrected chi connectivity index (χ1v) is 11.9. The van der Waals surface area contributed by atoms with Crippen LogP contribution in [0.2, 0.25) is 0 Å². The van der Waals surface area contributed by atoms with Crippen LogP contribution in [0.3, 0.4) is 0 Å². The maximum atomic E-state index is 13.4. The van der Waals surface area contributed by atoms with Crippen molar-refractivity contribution in [3.8, 4) is 11.1 Å². The van der Waals surface area contributed by atoms with E-state index in [0.717, 1.165) is 11.6 Å². The first-order valence-electron chi connectivity index (χ1n) is 10.2. The number of benzene rings is 1. The second-order valence-corrected chi connectivity index (χ2v) is 9.87. The molecule has 0 fully saturated rings. The van der Waals surface area contributed by atoms with Gasteiger partial charge in [-0.15, -0.1) is 0 Å². The van der Waals surface area contributed by atoms with Crippen molar-refractivity contribution in [2.75, 3.05) is 17.2 Å². The maximum absolute atomic E-state index is 13.4. The standard InChI is InChI=1S/C25H21F3N2O2S/c1-3-33(31,32)23-14-21(18-7-5-4-6-8-18)15-29-24(23)30-12-11-19-13-22(25(26,27)28)17(2)9-10-20(19)16-30/h4-11,13-16H,2-3,12H2,1H3. The summed E-state index contributed by atoms with van der Waals surface area (Å²) in [5, 5.41) is 0. The van der Waals surface area contributed by atoms with Crippen molar-refractivity contribution in [3.05, 3.63) is 102 Å². The van der Waals surface area contributed by atoms with Gasteiger partial charge in [0.1, 0.15) is 4.90 Å². The van der Waals surface area contributed by atoms with E-state index in [1.54, 1.807) is 42.4 Å². The van der Waals surface area contributed by atoms with Crippen LogP contribution in [0.1, 0.15) is 6.92 Å². The molecule has 4 rings (SSSR count). The van der Waals surface area contributed by atoms with Crippen molar-refractivity contribution in [2.24, 2.45) is 0 Å². The number of alkyl halides is 3. The lowest BCUT2D eigenvalue weighted by atomic mass is 10.0. The molecule has 0 saturated carbocycles. The molecule has 1 aliphatic carbocycles. The van der Waals surface area contributed by atoms with Crippen molar-refractivity contribution in [1.29, 1.82) is 0 Å². The van der Waals surface area contributed by atoms with E-state index < -0.39 is 21.6 Å². The van der Waals surface area contributed by atoms with Crippen LogP contribution in [0.5, 0.6) is 0 Å². The Hall–Kier alpha value is -3.39. The number of hydrogen-bond acceptors (Lipinski definition) is 4. The molecule has 0 atom stereocenters. The van der Waals surface area contributed by atoms with Gasteiger partial charge in [-0.3, -0.25) is 0 Å². The molecule has 1 aliphatic heterocycles. The average molecular weight is 471 g/mol.